The van der Waals surface area contributed by atoms with E-state index in [9.17, 15) is 0 Å². The summed E-state index contributed by atoms with van der Waals surface area (Å²) in [5.74, 6) is 2.65. The van der Waals surface area contributed by atoms with E-state index in [4.69, 9.17) is 25.4 Å². The van der Waals surface area contributed by atoms with Gasteiger partial charge in [-0.05, 0) is 55.7 Å². The van der Waals surface area contributed by atoms with Gasteiger partial charge in [-0.25, -0.2) is 0 Å². The monoisotopic (exact) mass is 392 g/mol. The minimum atomic E-state index is 0. The van der Waals surface area contributed by atoms with E-state index < -0.39 is 0 Å². The largest absolute Gasteiger partial charge is 0.496 e. The zero-order chi connectivity index (χ0) is 18.8. The molecule has 0 radical (unpaired) electrons. The number of methoxy groups -OCH3 is 1. The normalized spacial score (nSPS) is 10.0. The van der Waals surface area contributed by atoms with Gasteiger partial charge in [0, 0.05) is 11.1 Å². The highest BCUT2D eigenvalue weighted by Crippen LogP contribution is 2.29. The third-order valence-electron chi connectivity index (χ3n) is 4.04. The van der Waals surface area contributed by atoms with E-state index in [0.717, 1.165) is 48.5 Å². The van der Waals surface area contributed by atoms with E-state index in [1.165, 1.54) is 0 Å². The van der Waals surface area contributed by atoms with Crippen molar-refractivity contribution < 1.29 is 14.2 Å². The Morgan fingerprint density at radius 1 is 0.963 bits per heavy atom. The zero-order valence-electron chi connectivity index (χ0n) is 16.0. The molecule has 0 aliphatic carbocycles. The SMILES string of the molecule is CCCc1c(OC)cccc1OCCCCOc1ccc(C(=N)N)cc1.Cl. The molecule has 0 heterocycles. The van der Waals surface area contributed by atoms with Crippen LogP contribution in [0.5, 0.6) is 17.2 Å². The van der Waals surface area contributed by atoms with Crippen LogP contribution in [-0.4, -0.2) is 26.2 Å². The number of amidine groups is 1. The Bertz CT molecular complexity index is 705. The fourth-order valence-electron chi connectivity index (χ4n) is 2.68. The van der Waals surface area contributed by atoms with Crippen molar-refractivity contribution in [3.8, 4) is 17.2 Å². The molecule has 3 N–H and O–H groups in total. The Morgan fingerprint density at radius 3 is 2.19 bits per heavy atom. The Morgan fingerprint density at radius 2 is 1.59 bits per heavy atom. The van der Waals surface area contributed by atoms with E-state index in [0.29, 0.717) is 18.8 Å². The fourth-order valence-corrected chi connectivity index (χ4v) is 2.68. The third-order valence-corrected chi connectivity index (χ3v) is 4.04. The second kappa shape index (κ2) is 12.1. The van der Waals surface area contributed by atoms with Crippen LogP contribution in [-0.2, 0) is 6.42 Å². The standard InChI is InChI=1S/C21H28N2O3.ClH/c1-3-7-18-19(24-2)8-6-9-20(18)26-15-5-4-14-25-17-12-10-16(11-13-17)21(22)23;/h6,8-13H,3-5,7,14-15H2,1-2H3,(H3,22,23);1H. The van der Waals surface area contributed by atoms with Gasteiger partial charge in [-0.3, -0.25) is 5.41 Å². The second-order valence-electron chi connectivity index (χ2n) is 6.03. The minimum Gasteiger partial charge on any atom is -0.496 e. The summed E-state index contributed by atoms with van der Waals surface area (Å²) in [6, 6.07) is 13.2. The van der Waals surface area contributed by atoms with Crippen LogP contribution >= 0.6 is 12.4 Å². The Kier molecular flexibility index (Phi) is 10.1. The number of hydrogen-bond donors (Lipinski definition) is 2. The van der Waals surface area contributed by atoms with Crippen LogP contribution in [0.25, 0.3) is 0 Å². The first kappa shape index (κ1) is 22.6. The molecule has 6 heteroatoms. The second-order valence-corrected chi connectivity index (χ2v) is 6.03. The molecule has 2 rings (SSSR count). The van der Waals surface area contributed by atoms with Gasteiger partial charge < -0.3 is 19.9 Å². The van der Waals surface area contributed by atoms with E-state index in [2.05, 4.69) is 6.92 Å². The molecule has 0 atom stereocenters. The molecular formula is C21H29ClN2O3. The number of halogens is 1. The summed E-state index contributed by atoms with van der Waals surface area (Å²) in [7, 11) is 1.69. The molecule has 0 amide bonds. The maximum atomic E-state index is 7.37. The first-order chi connectivity index (χ1) is 12.7. The Balaban J connectivity index is 0.00000364. The first-order valence-electron chi connectivity index (χ1n) is 9.01. The lowest BCUT2D eigenvalue weighted by atomic mass is 10.1. The average Bonchev–Trinajstić information content (AvgIpc) is 2.66. The van der Waals surface area contributed by atoms with Crippen molar-refractivity contribution >= 4 is 18.2 Å². The fraction of sp³-hybridized carbons (Fsp3) is 0.381. The lowest BCUT2D eigenvalue weighted by molar-refractivity contribution is 0.264. The summed E-state index contributed by atoms with van der Waals surface area (Å²) in [6.07, 6.45) is 3.81. The Labute approximate surface area is 167 Å². The molecule has 0 aliphatic rings. The number of hydrogen-bond acceptors (Lipinski definition) is 4. The van der Waals surface area contributed by atoms with Crippen molar-refractivity contribution in [2.24, 2.45) is 5.73 Å². The summed E-state index contributed by atoms with van der Waals surface area (Å²) in [5.41, 5.74) is 7.27. The number of rotatable bonds is 11. The maximum Gasteiger partial charge on any atom is 0.126 e. The van der Waals surface area contributed by atoms with Crippen molar-refractivity contribution in [2.45, 2.75) is 32.6 Å². The topological polar surface area (TPSA) is 77.6 Å². The van der Waals surface area contributed by atoms with Gasteiger partial charge in [0.05, 0.1) is 20.3 Å². The number of ether oxygens (including phenoxy) is 3. The molecule has 148 valence electrons. The van der Waals surface area contributed by atoms with Gasteiger partial charge in [-0.2, -0.15) is 0 Å². The average molecular weight is 393 g/mol. The molecule has 0 saturated heterocycles. The Hall–Kier alpha value is -2.40. The molecule has 0 aliphatic heterocycles. The molecule has 27 heavy (non-hydrogen) atoms. The number of unbranched alkanes of at least 4 members (excludes halogenated alkanes) is 1. The van der Waals surface area contributed by atoms with Crippen LogP contribution in [0.4, 0.5) is 0 Å². The molecular weight excluding hydrogens is 364 g/mol. The summed E-state index contributed by atoms with van der Waals surface area (Å²) < 4.78 is 17.1. The highest BCUT2D eigenvalue weighted by Gasteiger charge is 2.09. The molecule has 0 saturated carbocycles. The van der Waals surface area contributed by atoms with E-state index in [1.807, 2.05) is 30.3 Å². The van der Waals surface area contributed by atoms with Crippen molar-refractivity contribution in [3.05, 3.63) is 53.6 Å². The van der Waals surface area contributed by atoms with Gasteiger partial charge in [0.2, 0.25) is 0 Å². The van der Waals surface area contributed by atoms with Crippen LogP contribution in [0.15, 0.2) is 42.5 Å². The molecule has 0 fully saturated rings. The summed E-state index contributed by atoms with van der Waals surface area (Å²) in [4.78, 5) is 0. The third kappa shape index (κ3) is 7.02. The first-order valence-corrected chi connectivity index (χ1v) is 9.01. The maximum absolute atomic E-state index is 7.37. The van der Waals surface area contributed by atoms with Gasteiger partial charge >= 0.3 is 0 Å². The van der Waals surface area contributed by atoms with Gasteiger partial charge in [0.1, 0.15) is 23.1 Å². The van der Waals surface area contributed by atoms with E-state index in [-0.39, 0.29) is 18.2 Å². The van der Waals surface area contributed by atoms with Gasteiger partial charge in [0.25, 0.3) is 0 Å². The van der Waals surface area contributed by atoms with Crippen LogP contribution in [0.2, 0.25) is 0 Å². The van der Waals surface area contributed by atoms with Crippen molar-refractivity contribution in [3.63, 3.8) is 0 Å². The van der Waals surface area contributed by atoms with Crippen molar-refractivity contribution in [1.29, 1.82) is 5.41 Å². The van der Waals surface area contributed by atoms with Crippen molar-refractivity contribution in [2.75, 3.05) is 20.3 Å². The van der Waals surface area contributed by atoms with E-state index >= 15 is 0 Å². The predicted octanol–water partition coefficient (Wildman–Crippen LogP) is 4.59. The van der Waals surface area contributed by atoms with Gasteiger partial charge in [0.15, 0.2) is 0 Å². The predicted molar refractivity (Wildman–Crippen MR) is 112 cm³/mol. The van der Waals surface area contributed by atoms with Crippen LogP contribution in [0.1, 0.15) is 37.3 Å². The molecule has 2 aromatic carbocycles. The lowest BCUT2D eigenvalue weighted by Crippen LogP contribution is -2.10. The quantitative estimate of drug-likeness (QED) is 0.333. The number of nitrogens with two attached hydrogens (primary N) is 1. The number of nitrogen functional groups attached to an aromatic ring is 1. The van der Waals surface area contributed by atoms with Crippen LogP contribution < -0.4 is 19.9 Å². The zero-order valence-corrected chi connectivity index (χ0v) is 16.8. The molecule has 0 unspecified atom stereocenters. The summed E-state index contributed by atoms with van der Waals surface area (Å²) in [5, 5.41) is 7.37. The summed E-state index contributed by atoms with van der Waals surface area (Å²) >= 11 is 0. The molecule has 0 spiro atoms. The minimum absolute atomic E-state index is 0. The van der Waals surface area contributed by atoms with Crippen LogP contribution in [0.3, 0.4) is 0 Å². The molecule has 0 aromatic heterocycles. The lowest BCUT2D eigenvalue weighted by Gasteiger charge is -2.14. The molecule has 5 nitrogen and oxygen atoms in total. The summed E-state index contributed by atoms with van der Waals surface area (Å²) in [6.45, 7) is 3.43. The van der Waals surface area contributed by atoms with Crippen LogP contribution in [0, 0.1) is 5.41 Å². The molecule has 0 bridgehead atoms. The van der Waals surface area contributed by atoms with E-state index in [1.54, 1.807) is 19.2 Å². The van der Waals surface area contributed by atoms with Gasteiger partial charge in [-0.1, -0.05) is 19.4 Å². The number of nitrogens with one attached hydrogen (secondary N) is 1. The van der Waals surface area contributed by atoms with Crippen molar-refractivity contribution in [1.82, 2.24) is 0 Å². The molecule has 2 aromatic rings. The van der Waals surface area contributed by atoms with Gasteiger partial charge in [-0.15, -0.1) is 12.4 Å². The number of benzene rings is 2. The highest BCUT2D eigenvalue weighted by atomic mass is 35.5. The highest BCUT2D eigenvalue weighted by molar-refractivity contribution is 5.94. The smallest absolute Gasteiger partial charge is 0.126 e.